The predicted molar refractivity (Wildman–Crippen MR) is 77.2 cm³/mol. The standard InChI is InChI=1S/C14H21N5O/c1-9-8-16-12(10(2)14(9)20-4)7-13(17-15)11-5-6-19(3)18-11/h5-6,8,13,17H,7,15H2,1-4H3. The number of ether oxygens (including phenoxy) is 1. The Morgan fingerprint density at radius 2 is 2.20 bits per heavy atom. The van der Waals surface area contributed by atoms with Gasteiger partial charge in [0, 0.05) is 42.7 Å². The van der Waals surface area contributed by atoms with E-state index in [1.807, 2.05) is 39.4 Å². The first-order valence-electron chi connectivity index (χ1n) is 6.51. The van der Waals surface area contributed by atoms with Crippen LogP contribution in [0.1, 0.15) is 28.6 Å². The number of aromatic nitrogens is 3. The lowest BCUT2D eigenvalue weighted by Gasteiger charge is -2.17. The van der Waals surface area contributed by atoms with E-state index in [1.54, 1.807) is 11.8 Å². The molecule has 2 heterocycles. The lowest BCUT2D eigenvalue weighted by atomic mass is 10.0. The number of nitrogens with zero attached hydrogens (tertiary/aromatic N) is 3. The smallest absolute Gasteiger partial charge is 0.128 e. The van der Waals surface area contributed by atoms with Gasteiger partial charge in [0.05, 0.1) is 18.8 Å². The van der Waals surface area contributed by atoms with Crippen LogP contribution in [0.3, 0.4) is 0 Å². The Hall–Kier alpha value is -1.92. The van der Waals surface area contributed by atoms with Crippen LogP contribution in [0.2, 0.25) is 0 Å². The van der Waals surface area contributed by atoms with Gasteiger partial charge in [-0.15, -0.1) is 0 Å². The van der Waals surface area contributed by atoms with Gasteiger partial charge < -0.3 is 4.74 Å². The summed E-state index contributed by atoms with van der Waals surface area (Å²) in [5.74, 6) is 6.54. The Labute approximate surface area is 118 Å². The average molecular weight is 275 g/mol. The molecule has 0 fully saturated rings. The minimum Gasteiger partial charge on any atom is -0.496 e. The van der Waals surface area contributed by atoms with Crippen molar-refractivity contribution in [1.29, 1.82) is 0 Å². The fourth-order valence-electron chi connectivity index (χ4n) is 2.34. The number of aryl methyl sites for hydroxylation is 2. The summed E-state index contributed by atoms with van der Waals surface area (Å²) in [7, 11) is 3.56. The fraction of sp³-hybridized carbons (Fsp3) is 0.429. The molecule has 0 spiro atoms. The van der Waals surface area contributed by atoms with E-state index < -0.39 is 0 Å². The monoisotopic (exact) mass is 275 g/mol. The van der Waals surface area contributed by atoms with Gasteiger partial charge in [-0.3, -0.25) is 20.9 Å². The molecule has 0 amide bonds. The SMILES string of the molecule is COc1c(C)cnc(CC(NN)c2ccn(C)n2)c1C. The number of nitrogens with one attached hydrogen (secondary N) is 1. The van der Waals surface area contributed by atoms with Crippen molar-refractivity contribution in [3.8, 4) is 5.75 Å². The Bertz CT molecular complexity index is 593. The highest BCUT2D eigenvalue weighted by Crippen LogP contribution is 2.26. The molecule has 0 aromatic carbocycles. The Kier molecular flexibility index (Phi) is 4.36. The summed E-state index contributed by atoms with van der Waals surface area (Å²) in [6, 6.07) is 1.88. The van der Waals surface area contributed by atoms with E-state index in [2.05, 4.69) is 15.5 Å². The highest BCUT2D eigenvalue weighted by Gasteiger charge is 2.17. The average Bonchev–Trinajstić information content (AvgIpc) is 2.85. The predicted octanol–water partition coefficient (Wildman–Crippen LogP) is 1.19. The van der Waals surface area contributed by atoms with Crippen molar-refractivity contribution in [2.24, 2.45) is 12.9 Å². The normalized spacial score (nSPS) is 12.4. The molecule has 0 saturated heterocycles. The number of nitrogens with two attached hydrogens (primary N) is 1. The number of hydrogen-bond donors (Lipinski definition) is 2. The highest BCUT2D eigenvalue weighted by molar-refractivity contribution is 5.41. The van der Waals surface area contributed by atoms with Gasteiger partial charge >= 0.3 is 0 Å². The molecule has 0 aliphatic heterocycles. The first-order chi connectivity index (χ1) is 9.56. The van der Waals surface area contributed by atoms with Gasteiger partial charge in [-0.1, -0.05) is 0 Å². The topological polar surface area (TPSA) is 78.0 Å². The molecule has 1 atom stereocenters. The molecule has 20 heavy (non-hydrogen) atoms. The van der Waals surface area contributed by atoms with Crippen LogP contribution in [0.15, 0.2) is 18.5 Å². The summed E-state index contributed by atoms with van der Waals surface area (Å²) in [5.41, 5.74) is 6.74. The minimum absolute atomic E-state index is 0.0742. The number of pyridine rings is 1. The van der Waals surface area contributed by atoms with E-state index >= 15 is 0 Å². The van der Waals surface area contributed by atoms with Crippen LogP contribution in [0.25, 0.3) is 0 Å². The number of methoxy groups -OCH3 is 1. The van der Waals surface area contributed by atoms with Crippen molar-refractivity contribution in [2.75, 3.05) is 7.11 Å². The number of hydrogen-bond acceptors (Lipinski definition) is 5. The molecule has 6 heteroatoms. The van der Waals surface area contributed by atoms with E-state index in [0.29, 0.717) is 6.42 Å². The Balaban J connectivity index is 2.28. The molecular weight excluding hydrogens is 254 g/mol. The second kappa shape index (κ2) is 6.02. The molecule has 0 aliphatic rings. The summed E-state index contributed by atoms with van der Waals surface area (Å²) in [4.78, 5) is 4.50. The third-order valence-electron chi connectivity index (χ3n) is 3.44. The van der Waals surface area contributed by atoms with E-state index in [-0.39, 0.29) is 6.04 Å². The molecular formula is C14H21N5O. The first-order valence-corrected chi connectivity index (χ1v) is 6.51. The van der Waals surface area contributed by atoms with Gasteiger partial charge in [-0.2, -0.15) is 5.10 Å². The molecule has 6 nitrogen and oxygen atoms in total. The van der Waals surface area contributed by atoms with Crippen molar-refractivity contribution in [2.45, 2.75) is 26.3 Å². The summed E-state index contributed by atoms with van der Waals surface area (Å²) in [6.07, 6.45) is 4.39. The zero-order valence-electron chi connectivity index (χ0n) is 12.3. The third-order valence-corrected chi connectivity index (χ3v) is 3.44. The summed E-state index contributed by atoms with van der Waals surface area (Å²) in [5, 5.41) is 4.38. The van der Waals surface area contributed by atoms with Crippen LogP contribution >= 0.6 is 0 Å². The summed E-state index contributed by atoms with van der Waals surface area (Å²) < 4.78 is 7.19. The van der Waals surface area contributed by atoms with Gasteiger partial charge in [-0.05, 0) is 19.9 Å². The van der Waals surface area contributed by atoms with Crippen LogP contribution in [0.4, 0.5) is 0 Å². The molecule has 108 valence electrons. The van der Waals surface area contributed by atoms with Crippen molar-refractivity contribution in [1.82, 2.24) is 20.2 Å². The van der Waals surface area contributed by atoms with Gasteiger partial charge in [0.1, 0.15) is 5.75 Å². The van der Waals surface area contributed by atoms with Gasteiger partial charge in [0.2, 0.25) is 0 Å². The Morgan fingerprint density at radius 3 is 2.75 bits per heavy atom. The van der Waals surface area contributed by atoms with Crippen LogP contribution in [-0.2, 0) is 13.5 Å². The van der Waals surface area contributed by atoms with Gasteiger partial charge in [0.15, 0.2) is 0 Å². The van der Waals surface area contributed by atoms with Crippen molar-refractivity contribution in [3.05, 3.63) is 41.0 Å². The third kappa shape index (κ3) is 2.81. The quantitative estimate of drug-likeness (QED) is 0.633. The molecule has 2 aromatic rings. The molecule has 2 aromatic heterocycles. The molecule has 0 radical (unpaired) electrons. The maximum Gasteiger partial charge on any atom is 0.128 e. The van der Waals surface area contributed by atoms with Crippen LogP contribution in [0.5, 0.6) is 5.75 Å². The maximum atomic E-state index is 5.65. The summed E-state index contributed by atoms with van der Waals surface area (Å²) in [6.45, 7) is 4.00. The second-order valence-electron chi connectivity index (χ2n) is 4.88. The molecule has 0 bridgehead atoms. The Morgan fingerprint density at radius 1 is 1.45 bits per heavy atom. The number of hydrazine groups is 1. The van der Waals surface area contributed by atoms with Crippen LogP contribution < -0.4 is 16.0 Å². The molecule has 0 aliphatic carbocycles. The van der Waals surface area contributed by atoms with Crippen molar-refractivity contribution in [3.63, 3.8) is 0 Å². The fourth-order valence-corrected chi connectivity index (χ4v) is 2.34. The second-order valence-corrected chi connectivity index (χ2v) is 4.88. The first kappa shape index (κ1) is 14.5. The highest BCUT2D eigenvalue weighted by atomic mass is 16.5. The maximum absolute atomic E-state index is 5.65. The molecule has 1 unspecified atom stereocenters. The number of rotatable bonds is 5. The molecule has 3 N–H and O–H groups in total. The zero-order chi connectivity index (χ0) is 14.7. The van der Waals surface area contributed by atoms with E-state index in [1.165, 1.54) is 0 Å². The summed E-state index contributed by atoms with van der Waals surface area (Å²) >= 11 is 0. The van der Waals surface area contributed by atoms with Gasteiger partial charge in [0.25, 0.3) is 0 Å². The lowest BCUT2D eigenvalue weighted by molar-refractivity contribution is 0.406. The van der Waals surface area contributed by atoms with Crippen molar-refractivity contribution >= 4 is 0 Å². The van der Waals surface area contributed by atoms with Crippen LogP contribution in [-0.4, -0.2) is 21.9 Å². The van der Waals surface area contributed by atoms with E-state index in [0.717, 1.165) is 28.3 Å². The zero-order valence-corrected chi connectivity index (χ0v) is 12.3. The van der Waals surface area contributed by atoms with Gasteiger partial charge in [-0.25, -0.2) is 0 Å². The molecule has 0 saturated carbocycles. The lowest BCUT2D eigenvalue weighted by Crippen LogP contribution is -2.30. The van der Waals surface area contributed by atoms with Crippen molar-refractivity contribution < 1.29 is 4.74 Å². The van der Waals surface area contributed by atoms with E-state index in [9.17, 15) is 0 Å². The minimum atomic E-state index is -0.0742. The van der Waals surface area contributed by atoms with Crippen LogP contribution in [0, 0.1) is 13.8 Å². The van der Waals surface area contributed by atoms with E-state index in [4.69, 9.17) is 10.6 Å². The largest absolute Gasteiger partial charge is 0.496 e. The molecule has 2 rings (SSSR count).